The second-order valence-electron chi connectivity index (χ2n) is 11.6. The highest BCUT2D eigenvalue weighted by molar-refractivity contribution is 5.95. The molecule has 0 bridgehead atoms. The van der Waals surface area contributed by atoms with Crippen LogP contribution in [0.5, 0.6) is 0 Å². The Morgan fingerprint density at radius 3 is 2.24 bits per heavy atom. The summed E-state index contributed by atoms with van der Waals surface area (Å²) in [5.41, 5.74) is 1.93. The lowest BCUT2D eigenvalue weighted by Gasteiger charge is -2.31. The number of esters is 2. The molecule has 11 nitrogen and oxygen atoms in total. The number of fused-ring (bicyclic) bond motifs is 1. The van der Waals surface area contributed by atoms with E-state index in [9.17, 15) is 32.3 Å². The molecule has 3 N–H and O–H groups in total. The number of nitrogens with one attached hydrogen (secondary N) is 2. The molecule has 3 aromatic rings. The van der Waals surface area contributed by atoms with E-state index in [0.717, 1.165) is 6.08 Å². The highest BCUT2D eigenvalue weighted by Gasteiger charge is 2.55. The van der Waals surface area contributed by atoms with Gasteiger partial charge in [-0.3, -0.25) is 9.59 Å². The van der Waals surface area contributed by atoms with Crippen LogP contribution in [0.15, 0.2) is 103 Å². The van der Waals surface area contributed by atoms with Crippen molar-refractivity contribution in [2.75, 3.05) is 26.3 Å². The van der Waals surface area contributed by atoms with Crippen molar-refractivity contribution in [1.29, 1.82) is 0 Å². The number of carbonyl (C=O) groups excluding carboxylic acids is 4. The molecule has 268 valence electrons. The molecule has 0 radical (unpaired) electrons. The molecule has 3 atom stereocenters. The fourth-order valence-corrected chi connectivity index (χ4v) is 5.62. The fraction of sp³-hybridized carbons (Fsp3) is 0.297. The predicted octanol–water partition coefficient (Wildman–Crippen LogP) is 3.96. The van der Waals surface area contributed by atoms with E-state index in [1.54, 1.807) is 6.08 Å². The summed E-state index contributed by atoms with van der Waals surface area (Å²) < 4.78 is 60.6. The van der Waals surface area contributed by atoms with Crippen molar-refractivity contribution in [3.63, 3.8) is 0 Å². The Morgan fingerprint density at radius 1 is 0.902 bits per heavy atom. The molecule has 0 spiro atoms. The highest BCUT2D eigenvalue weighted by atomic mass is 19.4. The smallest absolute Gasteiger partial charge is 0.422 e. The average Bonchev–Trinajstić information content (AvgIpc) is 3.54. The van der Waals surface area contributed by atoms with Crippen LogP contribution < -0.4 is 10.6 Å². The number of rotatable bonds is 13. The molecule has 2 aliphatic rings. The van der Waals surface area contributed by atoms with Gasteiger partial charge in [0, 0.05) is 48.7 Å². The number of amides is 2. The SMILES string of the molecule is O=C(CCNC(=O)C1=CC2OC(c3ccccc3)(c3ccccc3)OC2C(OC(=O)c2cccc(C=CC(=O)OCC(F)(F)F)c2)C1)NCCO. The number of carbonyl (C=O) groups is 4. The lowest BCUT2D eigenvalue weighted by molar-refractivity contribution is -0.182. The van der Waals surface area contributed by atoms with E-state index in [1.165, 1.54) is 30.3 Å². The number of hydrogen-bond acceptors (Lipinski definition) is 9. The first-order valence-electron chi connectivity index (χ1n) is 16.0. The van der Waals surface area contributed by atoms with Crippen LogP contribution in [0.1, 0.15) is 39.9 Å². The van der Waals surface area contributed by atoms with Gasteiger partial charge in [0.2, 0.25) is 17.6 Å². The first-order valence-corrected chi connectivity index (χ1v) is 16.0. The summed E-state index contributed by atoms with van der Waals surface area (Å²) in [6.45, 7) is -1.86. The van der Waals surface area contributed by atoms with Crippen LogP contribution in [0.2, 0.25) is 0 Å². The molecule has 3 unspecified atom stereocenters. The Hall–Kier alpha value is -5.31. The first kappa shape index (κ1) is 37.0. The van der Waals surface area contributed by atoms with Gasteiger partial charge in [-0.15, -0.1) is 0 Å². The Bertz CT molecular complexity index is 1720. The van der Waals surface area contributed by atoms with Crippen molar-refractivity contribution in [3.05, 3.63) is 125 Å². The summed E-state index contributed by atoms with van der Waals surface area (Å²) in [6, 6.07) is 24.2. The fourth-order valence-electron chi connectivity index (χ4n) is 5.62. The molecule has 51 heavy (non-hydrogen) atoms. The standard InChI is InChI=1S/C37H35F3N2O9/c38-36(39,40)23-48-32(45)15-14-24-8-7-9-25(20-24)35(47)49-29-21-26(34(46)42-17-16-31(44)41-18-19-43)22-30-33(29)51-37(50-30,27-10-3-1-4-11-27)28-12-5-2-6-13-28/h1-15,20,22,29-30,33,43H,16-19,21,23H2,(H,41,44)(H,42,46). The zero-order valence-corrected chi connectivity index (χ0v) is 27.1. The van der Waals surface area contributed by atoms with E-state index < -0.39 is 54.7 Å². The van der Waals surface area contributed by atoms with Gasteiger partial charge < -0.3 is 34.7 Å². The van der Waals surface area contributed by atoms with Crippen molar-refractivity contribution in [3.8, 4) is 0 Å². The summed E-state index contributed by atoms with van der Waals surface area (Å²) in [6.07, 6.45) is -3.91. The molecule has 1 aliphatic carbocycles. The Kier molecular flexibility index (Phi) is 12.0. The molecule has 0 aromatic heterocycles. The van der Waals surface area contributed by atoms with E-state index in [1.807, 2.05) is 60.7 Å². The van der Waals surface area contributed by atoms with Gasteiger partial charge in [0.1, 0.15) is 18.3 Å². The van der Waals surface area contributed by atoms with Crippen LogP contribution in [0.3, 0.4) is 0 Å². The van der Waals surface area contributed by atoms with Crippen molar-refractivity contribution in [1.82, 2.24) is 10.6 Å². The van der Waals surface area contributed by atoms with E-state index in [0.29, 0.717) is 16.7 Å². The summed E-state index contributed by atoms with van der Waals surface area (Å²) >= 11 is 0. The minimum atomic E-state index is -4.67. The Morgan fingerprint density at radius 2 is 1.59 bits per heavy atom. The molecule has 1 aliphatic heterocycles. The van der Waals surface area contributed by atoms with E-state index in [4.69, 9.17) is 19.3 Å². The number of benzene rings is 3. The zero-order chi connectivity index (χ0) is 36.4. The average molecular weight is 709 g/mol. The van der Waals surface area contributed by atoms with Crippen molar-refractivity contribution < 1.29 is 56.4 Å². The molecular formula is C37H35F3N2O9. The number of hydrogen-bond donors (Lipinski definition) is 3. The van der Waals surface area contributed by atoms with Gasteiger partial charge in [-0.25, -0.2) is 9.59 Å². The Balaban J connectivity index is 1.39. The lowest BCUT2D eigenvalue weighted by Crippen LogP contribution is -2.44. The molecular weight excluding hydrogens is 673 g/mol. The molecule has 14 heteroatoms. The minimum absolute atomic E-state index is 0.00533. The number of ether oxygens (including phenoxy) is 4. The van der Waals surface area contributed by atoms with Gasteiger partial charge >= 0.3 is 18.1 Å². The lowest BCUT2D eigenvalue weighted by atomic mass is 9.91. The quantitative estimate of drug-likeness (QED) is 0.177. The van der Waals surface area contributed by atoms with Crippen LogP contribution in [0, 0.1) is 0 Å². The van der Waals surface area contributed by atoms with Crippen LogP contribution in [0.4, 0.5) is 13.2 Å². The minimum Gasteiger partial charge on any atom is -0.456 e. The summed E-state index contributed by atoms with van der Waals surface area (Å²) in [4.78, 5) is 50.6. The normalized spacial score (nSPS) is 19.5. The third-order valence-corrected chi connectivity index (χ3v) is 7.92. The van der Waals surface area contributed by atoms with Gasteiger partial charge in [-0.05, 0) is 29.8 Å². The number of aliphatic hydroxyl groups is 1. The maximum Gasteiger partial charge on any atom is 0.422 e. The monoisotopic (exact) mass is 708 g/mol. The van der Waals surface area contributed by atoms with Gasteiger partial charge in [-0.1, -0.05) is 72.8 Å². The third-order valence-electron chi connectivity index (χ3n) is 7.92. The van der Waals surface area contributed by atoms with Crippen LogP contribution in [-0.4, -0.2) is 79.7 Å². The first-order chi connectivity index (χ1) is 24.5. The van der Waals surface area contributed by atoms with Crippen LogP contribution >= 0.6 is 0 Å². The van der Waals surface area contributed by atoms with E-state index >= 15 is 0 Å². The molecule has 5 rings (SSSR count). The van der Waals surface area contributed by atoms with E-state index in [-0.39, 0.29) is 49.6 Å². The second kappa shape index (κ2) is 16.6. The number of aliphatic hydroxyl groups excluding tert-OH is 1. The predicted molar refractivity (Wildman–Crippen MR) is 176 cm³/mol. The van der Waals surface area contributed by atoms with Gasteiger partial charge in [0.05, 0.1) is 12.2 Å². The highest BCUT2D eigenvalue weighted by Crippen LogP contribution is 2.47. The molecule has 3 aromatic carbocycles. The van der Waals surface area contributed by atoms with Gasteiger partial charge in [0.25, 0.3) is 0 Å². The molecule has 1 fully saturated rings. The van der Waals surface area contributed by atoms with Crippen LogP contribution in [0.25, 0.3) is 6.08 Å². The molecule has 0 saturated carbocycles. The zero-order valence-electron chi connectivity index (χ0n) is 27.1. The maximum absolute atomic E-state index is 13.6. The topological polar surface area (TPSA) is 149 Å². The van der Waals surface area contributed by atoms with Crippen molar-refractivity contribution in [2.45, 2.75) is 43.1 Å². The maximum atomic E-state index is 13.6. The summed E-state index contributed by atoms with van der Waals surface area (Å²) in [5.74, 6) is -4.30. The van der Waals surface area contributed by atoms with Gasteiger partial charge in [-0.2, -0.15) is 13.2 Å². The van der Waals surface area contributed by atoms with Crippen molar-refractivity contribution >= 4 is 29.8 Å². The van der Waals surface area contributed by atoms with Crippen molar-refractivity contribution in [2.24, 2.45) is 0 Å². The molecule has 2 amide bonds. The number of alkyl halides is 3. The molecule has 1 saturated heterocycles. The summed E-state index contributed by atoms with van der Waals surface area (Å²) in [7, 11) is 0. The van der Waals surface area contributed by atoms with E-state index in [2.05, 4.69) is 15.4 Å². The summed E-state index contributed by atoms with van der Waals surface area (Å²) in [5, 5.41) is 14.1. The van der Waals surface area contributed by atoms with Gasteiger partial charge in [0.15, 0.2) is 6.61 Å². The van der Waals surface area contributed by atoms with Crippen LogP contribution in [-0.2, 0) is 39.1 Å². The molecule has 1 heterocycles. The number of halogens is 3. The largest absolute Gasteiger partial charge is 0.456 e. The Labute approximate surface area is 291 Å². The third kappa shape index (κ3) is 9.69. The second-order valence-corrected chi connectivity index (χ2v) is 11.6.